The van der Waals surface area contributed by atoms with E-state index in [9.17, 15) is 4.79 Å². The number of aryl methyl sites for hydroxylation is 1. The Kier molecular flexibility index (Phi) is 4.43. The molecular weight excluding hydrogens is 300 g/mol. The van der Waals surface area contributed by atoms with Crippen molar-refractivity contribution in [1.29, 1.82) is 0 Å². The minimum atomic E-state index is -0.376. The highest BCUT2D eigenvalue weighted by atomic mass is 35.5. The highest BCUT2D eigenvalue weighted by molar-refractivity contribution is 6.32. The highest BCUT2D eigenvalue weighted by Crippen LogP contribution is 2.21. The van der Waals surface area contributed by atoms with Crippen molar-refractivity contribution >= 4 is 17.5 Å². The maximum absolute atomic E-state index is 12.2. The molecule has 0 unspecified atom stereocenters. The predicted octanol–water partition coefficient (Wildman–Crippen LogP) is 3.33. The summed E-state index contributed by atoms with van der Waals surface area (Å²) in [5, 5.41) is 3.77. The van der Waals surface area contributed by atoms with Gasteiger partial charge < -0.3 is 5.32 Å². The molecule has 1 aromatic carbocycles. The molecular formula is C16H19ClN4O. The van der Waals surface area contributed by atoms with Gasteiger partial charge in [-0.05, 0) is 37.5 Å². The standard InChI is InChI=1S/C16H19ClN4O/c1-11-7-8-14(13(17)9-11)21-10-18-15(20-16(21)22)19-12-5-3-2-4-6-12/h7-10,12H,2-6H2,1H3,(H,19,20,22). The molecule has 0 radical (unpaired) electrons. The molecule has 0 bridgehead atoms. The SMILES string of the molecule is Cc1ccc(-n2cnc(NC3CCCCC3)nc2=O)c(Cl)c1. The topological polar surface area (TPSA) is 59.8 Å². The lowest BCUT2D eigenvalue weighted by molar-refractivity contribution is 0.460. The van der Waals surface area contributed by atoms with Crippen LogP contribution in [-0.4, -0.2) is 20.6 Å². The van der Waals surface area contributed by atoms with Gasteiger partial charge in [-0.25, -0.2) is 14.3 Å². The molecule has 0 aliphatic heterocycles. The van der Waals surface area contributed by atoms with Crippen molar-refractivity contribution in [2.45, 2.75) is 45.1 Å². The Morgan fingerprint density at radius 1 is 1.27 bits per heavy atom. The van der Waals surface area contributed by atoms with Crippen LogP contribution in [0.1, 0.15) is 37.7 Å². The van der Waals surface area contributed by atoms with E-state index >= 15 is 0 Å². The molecule has 0 saturated heterocycles. The summed E-state index contributed by atoms with van der Waals surface area (Å²) in [6, 6.07) is 5.89. The van der Waals surface area contributed by atoms with E-state index < -0.39 is 0 Å². The number of nitrogens with zero attached hydrogens (tertiary/aromatic N) is 3. The minimum absolute atomic E-state index is 0.368. The first-order chi connectivity index (χ1) is 10.6. The van der Waals surface area contributed by atoms with E-state index in [0.717, 1.165) is 18.4 Å². The normalized spacial score (nSPS) is 15.7. The van der Waals surface area contributed by atoms with Crippen LogP contribution in [0.25, 0.3) is 5.69 Å². The van der Waals surface area contributed by atoms with E-state index in [2.05, 4.69) is 15.3 Å². The monoisotopic (exact) mass is 318 g/mol. The molecule has 1 aromatic heterocycles. The van der Waals surface area contributed by atoms with E-state index in [-0.39, 0.29) is 5.69 Å². The maximum Gasteiger partial charge on any atom is 0.356 e. The number of nitrogens with one attached hydrogen (secondary N) is 1. The van der Waals surface area contributed by atoms with Gasteiger partial charge in [0.15, 0.2) is 0 Å². The lowest BCUT2D eigenvalue weighted by atomic mass is 9.96. The molecule has 1 fully saturated rings. The Morgan fingerprint density at radius 2 is 2.05 bits per heavy atom. The smallest absolute Gasteiger partial charge is 0.351 e. The third-order valence-corrected chi connectivity index (χ3v) is 4.31. The van der Waals surface area contributed by atoms with Crippen LogP contribution in [0, 0.1) is 6.92 Å². The lowest BCUT2D eigenvalue weighted by Crippen LogP contribution is -2.28. The molecule has 22 heavy (non-hydrogen) atoms. The summed E-state index contributed by atoms with van der Waals surface area (Å²) in [6.45, 7) is 1.95. The van der Waals surface area contributed by atoms with Gasteiger partial charge in [0.05, 0.1) is 10.7 Å². The van der Waals surface area contributed by atoms with Crippen LogP contribution in [0.5, 0.6) is 0 Å². The number of halogens is 1. The number of hydrogen-bond donors (Lipinski definition) is 1. The van der Waals surface area contributed by atoms with Crippen molar-refractivity contribution in [3.05, 3.63) is 45.6 Å². The average Bonchev–Trinajstić information content (AvgIpc) is 2.49. The predicted molar refractivity (Wildman–Crippen MR) is 87.9 cm³/mol. The largest absolute Gasteiger partial charge is 0.356 e. The minimum Gasteiger partial charge on any atom is -0.351 e. The van der Waals surface area contributed by atoms with Gasteiger partial charge in [0.25, 0.3) is 0 Å². The van der Waals surface area contributed by atoms with Crippen molar-refractivity contribution in [1.82, 2.24) is 14.5 Å². The number of anilines is 1. The summed E-state index contributed by atoms with van der Waals surface area (Å²) in [5.41, 5.74) is 1.26. The van der Waals surface area contributed by atoms with Crippen LogP contribution in [0.4, 0.5) is 5.95 Å². The number of hydrogen-bond acceptors (Lipinski definition) is 4. The summed E-state index contributed by atoms with van der Waals surface area (Å²) in [7, 11) is 0. The molecule has 1 N–H and O–H groups in total. The molecule has 3 rings (SSSR count). The van der Waals surface area contributed by atoms with E-state index in [1.807, 2.05) is 19.1 Å². The van der Waals surface area contributed by atoms with Crippen LogP contribution < -0.4 is 11.0 Å². The van der Waals surface area contributed by atoms with Gasteiger partial charge in [-0.1, -0.05) is 36.9 Å². The van der Waals surface area contributed by atoms with E-state index in [4.69, 9.17) is 11.6 Å². The first-order valence-corrected chi connectivity index (χ1v) is 8.00. The second-order valence-electron chi connectivity index (χ2n) is 5.77. The van der Waals surface area contributed by atoms with Gasteiger partial charge >= 0.3 is 5.69 Å². The van der Waals surface area contributed by atoms with Crippen LogP contribution in [0.3, 0.4) is 0 Å². The molecule has 1 aliphatic carbocycles. The Morgan fingerprint density at radius 3 is 2.73 bits per heavy atom. The summed E-state index contributed by atoms with van der Waals surface area (Å²) < 4.78 is 1.37. The van der Waals surface area contributed by atoms with Crippen molar-refractivity contribution < 1.29 is 0 Å². The first-order valence-electron chi connectivity index (χ1n) is 7.62. The number of aromatic nitrogens is 3. The Bertz CT molecular complexity index is 722. The maximum atomic E-state index is 12.2. The van der Waals surface area contributed by atoms with Gasteiger partial charge in [-0.3, -0.25) is 0 Å². The van der Waals surface area contributed by atoms with Gasteiger partial charge in [-0.15, -0.1) is 0 Å². The quantitative estimate of drug-likeness (QED) is 0.943. The van der Waals surface area contributed by atoms with Crippen molar-refractivity contribution in [2.24, 2.45) is 0 Å². The number of benzene rings is 1. The molecule has 1 aliphatic rings. The Labute approximate surface area is 134 Å². The van der Waals surface area contributed by atoms with Gasteiger partial charge in [0.2, 0.25) is 5.95 Å². The van der Waals surface area contributed by atoms with Crippen molar-refractivity contribution in [3.8, 4) is 5.69 Å². The lowest BCUT2D eigenvalue weighted by Gasteiger charge is -2.22. The van der Waals surface area contributed by atoms with Crippen molar-refractivity contribution in [2.75, 3.05) is 5.32 Å². The van der Waals surface area contributed by atoms with Gasteiger partial charge in [0, 0.05) is 6.04 Å². The third-order valence-electron chi connectivity index (χ3n) is 4.00. The zero-order valence-electron chi connectivity index (χ0n) is 12.6. The van der Waals surface area contributed by atoms with Gasteiger partial charge in [-0.2, -0.15) is 4.98 Å². The van der Waals surface area contributed by atoms with Crippen molar-refractivity contribution in [3.63, 3.8) is 0 Å². The molecule has 2 aromatic rings. The summed E-state index contributed by atoms with van der Waals surface area (Å²) in [5.74, 6) is 0.399. The zero-order valence-corrected chi connectivity index (χ0v) is 13.3. The van der Waals surface area contributed by atoms with Crippen LogP contribution in [0.2, 0.25) is 5.02 Å². The molecule has 6 heteroatoms. The molecule has 116 valence electrons. The Hall–Kier alpha value is -1.88. The molecule has 1 heterocycles. The van der Waals surface area contributed by atoms with E-state index in [0.29, 0.717) is 22.7 Å². The molecule has 5 nitrogen and oxygen atoms in total. The van der Waals surface area contributed by atoms with Gasteiger partial charge in [0.1, 0.15) is 6.33 Å². The fraction of sp³-hybridized carbons (Fsp3) is 0.438. The molecule has 1 saturated carbocycles. The molecule has 0 spiro atoms. The first kappa shape index (κ1) is 15.0. The highest BCUT2D eigenvalue weighted by Gasteiger charge is 2.15. The summed E-state index contributed by atoms with van der Waals surface area (Å²) in [6.07, 6.45) is 7.41. The molecule has 0 atom stereocenters. The fourth-order valence-electron chi connectivity index (χ4n) is 2.81. The fourth-order valence-corrected chi connectivity index (χ4v) is 3.13. The second kappa shape index (κ2) is 6.48. The second-order valence-corrected chi connectivity index (χ2v) is 6.17. The van der Waals surface area contributed by atoms with Crippen LogP contribution in [0.15, 0.2) is 29.3 Å². The third kappa shape index (κ3) is 3.30. The van der Waals surface area contributed by atoms with E-state index in [1.54, 1.807) is 6.07 Å². The molecule has 0 amide bonds. The summed E-state index contributed by atoms with van der Waals surface area (Å²) in [4.78, 5) is 20.5. The van der Waals surface area contributed by atoms with E-state index in [1.165, 1.54) is 30.2 Å². The zero-order chi connectivity index (χ0) is 15.5. The van der Waals surface area contributed by atoms with Crippen LogP contribution >= 0.6 is 11.6 Å². The summed E-state index contributed by atoms with van der Waals surface area (Å²) >= 11 is 6.20. The Balaban J connectivity index is 1.84. The van der Waals surface area contributed by atoms with Crippen LogP contribution in [-0.2, 0) is 0 Å². The average molecular weight is 319 g/mol. The number of rotatable bonds is 3.